The Labute approximate surface area is 232 Å². The molecule has 0 fully saturated rings. The summed E-state index contributed by atoms with van der Waals surface area (Å²) >= 11 is 13.5. The zero-order chi connectivity index (χ0) is 27.1. The number of benzene rings is 2. The zero-order valence-corrected chi connectivity index (χ0v) is 23.6. The molecular formula is C27H31Cl2N5O2S. The van der Waals surface area contributed by atoms with Crippen molar-refractivity contribution in [1.29, 1.82) is 0 Å². The summed E-state index contributed by atoms with van der Waals surface area (Å²) < 4.78 is 1.86. The van der Waals surface area contributed by atoms with Crippen LogP contribution in [0.15, 0.2) is 60.3 Å². The molecule has 0 radical (unpaired) electrons. The maximum Gasteiger partial charge on any atom is 0.253 e. The van der Waals surface area contributed by atoms with Crippen LogP contribution in [0.2, 0.25) is 10.0 Å². The molecule has 0 aliphatic carbocycles. The molecule has 0 saturated carbocycles. The predicted molar refractivity (Wildman–Crippen MR) is 152 cm³/mol. The summed E-state index contributed by atoms with van der Waals surface area (Å²) in [7, 11) is 0. The third-order valence-electron chi connectivity index (χ3n) is 5.65. The van der Waals surface area contributed by atoms with E-state index in [-0.39, 0.29) is 34.4 Å². The van der Waals surface area contributed by atoms with Crippen LogP contribution >= 0.6 is 35.0 Å². The van der Waals surface area contributed by atoms with Gasteiger partial charge in [0.1, 0.15) is 0 Å². The van der Waals surface area contributed by atoms with Crippen LogP contribution in [-0.2, 0) is 11.3 Å². The van der Waals surface area contributed by atoms with Gasteiger partial charge in [-0.25, -0.2) is 0 Å². The monoisotopic (exact) mass is 559 g/mol. The third kappa shape index (κ3) is 7.37. The Morgan fingerprint density at radius 3 is 2.49 bits per heavy atom. The molecule has 10 heteroatoms. The van der Waals surface area contributed by atoms with Crippen molar-refractivity contribution in [3.63, 3.8) is 0 Å². The van der Waals surface area contributed by atoms with Crippen LogP contribution < -0.4 is 10.6 Å². The van der Waals surface area contributed by atoms with Gasteiger partial charge in [-0.05, 0) is 41.7 Å². The fourth-order valence-corrected chi connectivity index (χ4v) is 5.04. The molecule has 0 aliphatic rings. The lowest BCUT2D eigenvalue weighted by Gasteiger charge is -2.23. The van der Waals surface area contributed by atoms with E-state index in [0.29, 0.717) is 28.1 Å². The lowest BCUT2D eigenvalue weighted by molar-refractivity contribution is -0.113. The third-order valence-corrected chi connectivity index (χ3v) is 7.17. The number of rotatable bonds is 11. The molecule has 3 rings (SSSR count). The van der Waals surface area contributed by atoms with Crippen molar-refractivity contribution in [2.24, 2.45) is 5.92 Å². The van der Waals surface area contributed by atoms with Crippen LogP contribution in [0.5, 0.6) is 0 Å². The second-order valence-electron chi connectivity index (χ2n) is 9.14. The second kappa shape index (κ2) is 13.1. The Morgan fingerprint density at radius 1 is 1.11 bits per heavy atom. The largest absolute Gasteiger partial charge is 0.342 e. The fraction of sp³-hybridized carbons (Fsp3) is 0.333. The summed E-state index contributed by atoms with van der Waals surface area (Å²) in [6, 6.07) is 12.1. The van der Waals surface area contributed by atoms with E-state index >= 15 is 0 Å². The Hall–Kier alpha value is -2.81. The molecule has 2 N–H and O–H groups in total. The van der Waals surface area contributed by atoms with E-state index in [1.165, 1.54) is 17.8 Å². The summed E-state index contributed by atoms with van der Waals surface area (Å²) in [5, 5.41) is 16.0. The molecule has 3 aromatic rings. The molecule has 0 bridgehead atoms. The standard InChI is InChI=1S/C27H31Cl2N5O2S/c1-6-13-34-25(24(17(4)5)31-26(36)20-12-11-18(28)14-21(20)29)32-33-27(34)37-15-23(35)30-22-10-8-7-9-19(22)16(2)3/h6-12,14,16-17,24H,1,13,15H2,2-5H3,(H,30,35)(H,31,36)/t24-/m1/s1. The maximum atomic E-state index is 13.0. The van der Waals surface area contributed by atoms with Gasteiger partial charge in [0, 0.05) is 17.3 Å². The molecule has 0 spiro atoms. The Balaban J connectivity index is 1.78. The van der Waals surface area contributed by atoms with Crippen LogP contribution in [0.4, 0.5) is 5.69 Å². The number of para-hydroxylation sites is 1. The highest BCUT2D eigenvalue weighted by molar-refractivity contribution is 7.99. The van der Waals surface area contributed by atoms with E-state index < -0.39 is 6.04 Å². The van der Waals surface area contributed by atoms with Gasteiger partial charge in [-0.3, -0.25) is 9.59 Å². The first-order valence-corrected chi connectivity index (χ1v) is 13.7. The first-order chi connectivity index (χ1) is 17.6. The van der Waals surface area contributed by atoms with E-state index in [2.05, 4.69) is 41.3 Å². The number of hydrogen-bond acceptors (Lipinski definition) is 5. The molecule has 1 aromatic heterocycles. The number of hydrogen-bond donors (Lipinski definition) is 2. The van der Waals surface area contributed by atoms with Crippen LogP contribution in [0.25, 0.3) is 0 Å². The van der Waals surface area contributed by atoms with E-state index in [0.717, 1.165) is 11.3 Å². The lowest BCUT2D eigenvalue weighted by atomic mass is 10.0. The maximum absolute atomic E-state index is 13.0. The molecule has 0 unspecified atom stereocenters. The normalized spacial score (nSPS) is 12.0. The second-order valence-corrected chi connectivity index (χ2v) is 10.9. The average Bonchev–Trinajstić information content (AvgIpc) is 3.23. The quantitative estimate of drug-likeness (QED) is 0.200. The van der Waals surface area contributed by atoms with E-state index in [9.17, 15) is 9.59 Å². The number of thioether (sulfide) groups is 1. The van der Waals surface area contributed by atoms with Gasteiger partial charge in [-0.1, -0.05) is 86.9 Å². The SMILES string of the molecule is C=CCn1c(SCC(=O)Nc2ccccc2C(C)C)nnc1[C@H](NC(=O)c1ccc(Cl)cc1Cl)C(C)C. The number of amides is 2. The van der Waals surface area contributed by atoms with E-state index in [1.807, 2.05) is 42.7 Å². The van der Waals surface area contributed by atoms with Crippen molar-refractivity contribution in [2.45, 2.75) is 51.4 Å². The number of anilines is 1. The Kier molecular flexibility index (Phi) is 10.2. The van der Waals surface area contributed by atoms with E-state index in [1.54, 1.807) is 18.2 Å². The smallest absolute Gasteiger partial charge is 0.253 e. The van der Waals surface area contributed by atoms with Gasteiger partial charge < -0.3 is 15.2 Å². The van der Waals surface area contributed by atoms with E-state index in [4.69, 9.17) is 23.2 Å². The van der Waals surface area contributed by atoms with Gasteiger partial charge in [-0.15, -0.1) is 16.8 Å². The highest BCUT2D eigenvalue weighted by Crippen LogP contribution is 2.28. The Bertz CT molecular complexity index is 1280. The van der Waals surface area contributed by atoms with Crippen molar-refractivity contribution in [3.8, 4) is 0 Å². The minimum atomic E-state index is -0.451. The summed E-state index contributed by atoms with van der Waals surface area (Å²) in [4.78, 5) is 25.8. The van der Waals surface area contributed by atoms with Crippen LogP contribution in [0, 0.1) is 5.92 Å². The molecular weight excluding hydrogens is 529 g/mol. The molecule has 0 saturated heterocycles. The summed E-state index contributed by atoms with van der Waals surface area (Å²) in [6.45, 7) is 12.4. The molecule has 1 heterocycles. The molecule has 1 atom stereocenters. The number of carbonyl (C=O) groups is 2. The van der Waals surface area contributed by atoms with Gasteiger partial charge in [0.2, 0.25) is 5.91 Å². The number of aromatic nitrogens is 3. The number of carbonyl (C=O) groups excluding carboxylic acids is 2. The highest BCUT2D eigenvalue weighted by Gasteiger charge is 2.27. The molecule has 37 heavy (non-hydrogen) atoms. The molecule has 0 aliphatic heterocycles. The topological polar surface area (TPSA) is 88.9 Å². The van der Waals surface area contributed by atoms with Crippen molar-refractivity contribution < 1.29 is 9.59 Å². The molecule has 2 aromatic carbocycles. The van der Waals surface area contributed by atoms with Crippen molar-refractivity contribution in [2.75, 3.05) is 11.1 Å². The van der Waals surface area contributed by atoms with Gasteiger partial charge in [-0.2, -0.15) is 0 Å². The van der Waals surface area contributed by atoms with Crippen molar-refractivity contribution in [1.82, 2.24) is 20.1 Å². The van der Waals surface area contributed by atoms with Crippen molar-refractivity contribution in [3.05, 3.63) is 82.1 Å². The van der Waals surface area contributed by atoms with Gasteiger partial charge in [0.15, 0.2) is 11.0 Å². The van der Waals surface area contributed by atoms with Gasteiger partial charge >= 0.3 is 0 Å². The molecule has 7 nitrogen and oxygen atoms in total. The highest BCUT2D eigenvalue weighted by atomic mass is 35.5. The number of allylic oxidation sites excluding steroid dienone is 1. The van der Waals surface area contributed by atoms with Crippen LogP contribution in [0.1, 0.15) is 61.4 Å². The first kappa shape index (κ1) is 28.8. The zero-order valence-electron chi connectivity index (χ0n) is 21.3. The number of nitrogens with one attached hydrogen (secondary N) is 2. The van der Waals surface area contributed by atoms with Gasteiger partial charge in [0.25, 0.3) is 5.91 Å². The number of halogens is 2. The van der Waals surface area contributed by atoms with Gasteiger partial charge in [0.05, 0.1) is 22.4 Å². The average molecular weight is 561 g/mol. The number of nitrogens with zero attached hydrogens (tertiary/aromatic N) is 3. The minimum Gasteiger partial charge on any atom is -0.342 e. The summed E-state index contributed by atoms with van der Waals surface area (Å²) in [5.74, 6) is 0.525. The fourth-order valence-electron chi connectivity index (χ4n) is 3.79. The van der Waals surface area contributed by atoms with Crippen LogP contribution in [-0.4, -0.2) is 32.3 Å². The summed E-state index contributed by atoms with van der Waals surface area (Å²) in [5.41, 5.74) is 2.20. The molecule has 2 amide bonds. The predicted octanol–water partition coefficient (Wildman–Crippen LogP) is 6.75. The first-order valence-electron chi connectivity index (χ1n) is 11.9. The van der Waals surface area contributed by atoms with Crippen molar-refractivity contribution >= 4 is 52.5 Å². The Morgan fingerprint density at radius 2 is 1.84 bits per heavy atom. The lowest BCUT2D eigenvalue weighted by Crippen LogP contribution is -2.34. The molecule has 196 valence electrons. The van der Waals surface area contributed by atoms with Crippen LogP contribution in [0.3, 0.4) is 0 Å². The minimum absolute atomic E-state index is 0.00326. The summed E-state index contributed by atoms with van der Waals surface area (Å²) in [6.07, 6.45) is 1.73.